The Balaban J connectivity index is 1.64. The molecule has 0 amide bonds. The van der Waals surface area contributed by atoms with E-state index in [0.29, 0.717) is 23.8 Å². The van der Waals surface area contributed by atoms with Crippen LogP contribution < -0.4 is 0 Å². The first-order valence-corrected chi connectivity index (χ1v) is 9.04. The Morgan fingerprint density at radius 3 is 2.52 bits per heavy atom. The monoisotopic (exact) mass is 365 g/mol. The minimum atomic E-state index is -0.361. The minimum Gasteiger partial charge on any atom is -0.466 e. The van der Waals surface area contributed by atoms with Crippen molar-refractivity contribution in [3.8, 4) is 11.3 Å². The van der Waals surface area contributed by atoms with Crippen molar-refractivity contribution in [1.29, 1.82) is 0 Å². The summed E-state index contributed by atoms with van der Waals surface area (Å²) in [4.78, 5) is 16.5. The zero-order chi connectivity index (χ0) is 19.0. The molecule has 3 atom stereocenters. The van der Waals surface area contributed by atoms with E-state index in [1.165, 1.54) is 6.07 Å². The average Bonchev–Trinajstić information content (AvgIpc) is 3.26. The maximum Gasteiger partial charge on any atom is 0.310 e. The second-order valence-electron chi connectivity index (χ2n) is 6.72. The molecule has 0 bridgehead atoms. The van der Waals surface area contributed by atoms with Crippen molar-refractivity contribution in [2.75, 3.05) is 6.61 Å². The molecule has 27 heavy (non-hydrogen) atoms. The van der Waals surface area contributed by atoms with Crippen molar-refractivity contribution >= 4 is 5.97 Å². The van der Waals surface area contributed by atoms with Gasteiger partial charge in [-0.25, -0.2) is 9.37 Å². The summed E-state index contributed by atoms with van der Waals surface area (Å²) in [7, 11) is 0. The lowest BCUT2D eigenvalue weighted by molar-refractivity contribution is -0.144. The van der Waals surface area contributed by atoms with Crippen LogP contribution in [0.15, 0.2) is 59.1 Å². The average molecular weight is 365 g/mol. The minimum absolute atomic E-state index is 0.0912. The molecule has 1 heterocycles. The van der Waals surface area contributed by atoms with Gasteiger partial charge in [-0.15, -0.1) is 0 Å². The third-order valence-electron chi connectivity index (χ3n) is 5.04. The summed E-state index contributed by atoms with van der Waals surface area (Å²) in [5.41, 5.74) is 2.46. The van der Waals surface area contributed by atoms with Gasteiger partial charge in [-0.3, -0.25) is 4.79 Å². The Bertz CT molecular complexity index is 964. The van der Waals surface area contributed by atoms with Gasteiger partial charge in [0.15, 0.2) is 11.7 Å². The SMILES string of the molecule is CCOC(=O)[C@H]1[C@H](c2ccc(-c3cnc(C)o3)cc2)[C@H]1c1ccccc1F. The predicted molar refractivity (Wildman–Crippen MR) is 98.7 cm³/mol. The van der Waals surface area contributed by atoms with E-state index >= 15 is 0 Å². The van der Waals surface area contributed by atoms with E-state index in [1.54, 1.807) is 38.2 Å². The molecule has 0 aliphatic heterocycles. The molecule has 4 rings (SSSR count). The first-order valence-electron chi connectivity index (χ1n) is 9.04. The van der Waals surface area contributed by atoms with Crippen molar-refractivity contribution in [3.05, 3.63) is 77.6 Å². The third-order valence-corrected chi connectivity index (χ3v) is 5.04. The molecule has 3 aromatic rings. The van der Waals surface area contributed by atoms with Crippen LogP contribution in [0.1, 0.15) is 35.8 Å². The number of hydrogen-bond donors (Lipinski definition) is 0. The summed E-state index contributed by atoms with van der Waals surface area (Å²) in [6, 6.07) is 14.4. The summed E-state index contributed by atoms with van der Waals surface area (Å²) < 4.78 is 25.1. The van der Waals surface area contributed by atoms with Crippen LogP contribution in [0.5, 0.6) is 0 Å². The van der Waals surface area contributed by atoms with Gasteiger partial charge >= 0.3 is 5.97 Å². The fourth-order valence-electron chi connectivity index (χ4n) is 3.75. The molecular weight excluding hydrogens is 345 g/mol. The van der Waals surface area contributed by atoms with Crippen LogP contribution in [0.2, 0.25) is 0 Å². The number of halogens is 1. The van der Waals surface area contributed by atoms with E-state index in [1.807, 2.05) is 24.3 Å². The van der Waals surface area contributed by atoms with Crippen molar-refractivity contribution in [2.24, 2.45) is 5.92 Å². The van der Waals surface area contributed by atoms with E-state index in [-0.39, 0.29) is 29.5 Å². The maximum atomic E-state index is 14.3. The highest BCUT2D eigenvalue weighted by Gasteiger charge is 2.57. The van der Waals surface area contributed by atoms with E-state index in [0.717, 1.165) is 11.1 Å². The smallest absolute Gasteiger partial charge is 0.310 e. The van der Waals surface area contributed by atoms with Crippen LogP contribution in [0, 0.1) is 18.7 Å². The van der Waals surface area contributed by atoms with Gasteiger partial charge in [0.25, 0.3) is 0 Å². The summed E-state index contributed by atoms with van der Waals surface area (Å²) in [5, 5.41) is 0. The van der Waals surface area contributed by atoms with Crippen LogP contribution in [-0.4, -0.2) is 17.6 Å². The summed E-state index contributed by atoms with van der Waals surface area (Å²) >= 11 is 0. The number of aryl methyl sites for hydroxylation is 1. The highest BCUT2D eigenvalue weighted by Crippen LogP contribution is 2.61. The highest BCUT2D eigenvalue weighted by atomic mass is 19.1. The Morgan fingerprint density at radius 2 is 1.89 bits per heavy atom. The number of carbonyl (C=O) groups is 1. The summed E-state index contributed by atoms with van der Waals surface area (Å²) in [5.74, 6) is 0.0924. The number of oxazole rings is 1. The molecule has 1 saturated carbocycles. The first-order chi connectivity index (χ1) is 13.1. The lowest BCUT2D eigenvalue weighted by Gasteiger charge is -2.03. The van der Waals surface area contributed by atoms with E-state index in [2.05, 4.69) is 4.98 Å². The van der Waals surface area contributed by atoms with Gasteiger partial charge in [0.2, 0.25) is 0 Å². The molecule has 4 nitrogen and oxygen atoms in total. The fraction of sp³-hybridized carbons (Fsp3) is 0.273. The van der Waals surface area contributed by atoms with Crippen molar-refractivity contribution in [2.45, 2.75) is 25.7 Å². The molecule has 1 aliphatic carbocycles. The van der Waals surface area contributed by atoms with Gasteiger partial charge in [-0.2, -0.15) is 0 Å². The number of hydrogen-bond acceptors (Lipinski definition) is 4. The van der Waals surface area contributed by atoms with Crippen molar-refractivity contribution in [3.63, 3.8) is 0 Å². The number of carbonyl (C=O) groups excluding carboxylic acids is 1. The zero-order valence-electron chi connectivity index (χ0n) is 15.2. The van der Waals surface area contributed by atoms with Gasteiger partial charge in [0.1, 0.15) is 5.82 Å². The quantitative estimate of drug-likeness (QED) is 0.607. The van der Waals surface area contributed by atoms with Crippen LogP contribution in [0.25, 0.3) is 11.3 Å². The highest BCUT2D eigenvalue weighted by molar-refractivity contribution is 5.80. The Morgan fingerprint density at radius 1 is 1.15 bits per heavy atom. The van der Waals surface area contributed by atoms with Gasteiger partial charge in [0.05, 0.1) is 18.7 Å². The molecule has 0 unspecified atom stereocenters. The van der Waals surface area contributed by atoms with Gasteiger partial charge in [0, 0.05) is 24.3 Å². The van der Waals surface area contributed by atoms with Crippen LogP contribution >= 0.6 is 0 Å². The van der Waals surface area contributed by atoms with Crippen LogP contribution in [-0.2, 0) is 9.53 Å². The van der Waals surface area contributed by atoms with Crippen LogP contribution in [0.4, 0.5) is 4.39 Å². The molecular formula is C22H20FNO3. The number of esters is 1. The zero-order valence-corrected chi connectivity index (χ0v) is 15.2. The van der Waals surface area contributed by atoms with E-state index in [4.69, 9.17) is 9.15 Å². The molecule has 1 aliphatic rings. The maximum absolute atomic E-state index is 14.3. The van der Waals surface area contributed by atoms with Crippen molar-refractivity contribution in [1.82, 2.24) is 4.98 Å². The Labute approximate surface area is 157 Å². The second kappa shape index (κ2) is 6.99. The van der Waals surface area contributed by atoms with Gasteiger partial charge in [-0.1, -0.05) is 42.5 Å². The first kappa shape index (κ1) is 17.5. The normalized spacial score (nSPS) is 21.1. The lowest BCUT2D eigenvalue weighted by atomic mass is 10.0. The van der Waals surface area contributed by atoms with Gasteiger partial charge < -0.3 is 9.15 Å². The third kappa shape index (κ3) is 3.25. The molecule has 1 aromatic heterocycles. The second-order valence-corrected chi connectivity index (χ2v) is 6.72. The number of nitrogens with zero attached hydrogens (tertiary/aromatic N) is 1. The van der Waals surface area contributed by atoms with Gasteiger partial charge in [-0.05, 0) is 24.1 Å². The molecule has 5 heteroatoms. The molecule has 0 spiro atoms. The van der Waals surface area contributed by atoms with E-state index < -0.39 is 0 Å². The topological polar surface area (TPSA) is 52.3 Å². The summed E-state index contributed by atoms with van der Waals surface area (Å²) in [6.07, 6.45) is 1.69. The molecule has 0 N–H and O–H groups in total. The largest absolute Gasteiger partial charge is 0.466 e. The number of benzene rings is 2. The molecule has 2 aromatic carbocycles. The Hall–Kier alpha value is -2.95. The predicted octanol–water partition coefficient (Wildman–Crippen LogP) is 4.85. The van der Waals surface area contributed by atoms with Crippen LogP contribution in [0.3, 0.4) is 0 Å². The number of ether oxygens (including phenoxy) is 1. The molecule has 0 saturated heterocycles. The molecule has 138 valence electrons. The number of aromatic nitrogens is 1. The Kier molecular flexibility index (Phi) is 4.52. The summed E-state index contributed by atoms with van der Waals surface area (Å²) in [6.45, 7) is 3.89. The number of rotatable bonds is 5. The molecule has 1 fully saturated rings. The standard InChI is InChI=1S/C22H20FNO3/c1-3-26-22(25)21-19(20(21)16-6-4-5-7-17(16)23)15-10-8-14(9-11-15)18-12-24-13(2)27-18/h4-12,19-21H,3H2,1-2H3/t19-,20-,21+/m1/s1. The molecule has 0 radical (unpaired) electrons. The van der Waals surface area contributed by atoms with Crippen molar-refractivity contribution < 1.29 is 18.3 Å². The lowest BCUT2D eigenvalue weighted by Crippen LogP contribution is -2.08. The fourth-order valence-corrected chi connectivity index (χ4v) is 3.75. The van der Waals surface area contributed by atoms with E-state index in [9.17, 15) is 9.18 Å².